The van der Waals surface area contributed by atoms with Crippen LogP contribution in [0.4, 0.5) is 4.79 Å². The summed E-state index contributed by atoms with van der Waals surface area (Å²) in [6.07, 6.45) is 4.39. The van der Waals surface area contributed by atoms with Gasteiger partial charge in [-0.05, 0) is 55.8 Å². The molecule has 0 unspecified atom stereocenters. The van der Waals surface area contributed by atoms with Crippen molar-refractivity contribution in [3.05, 3.63) is 40.9 Å². The molecule has 2 heterocycles. The van der Waals surface area contributed by atoms with Crippen LogP contribution in [0, 0.1) is 0 Å². The van der Waals surface area contributed by atoms with Crippen molar-refractivity contribution in [1.29, 1.82) is 0 Å². The van der Waals surface area contributed by atoms with Crippen molar-refractivity contribution < 1.29 is 9.53 Å². The summed E-state index contributed by atoms with van der Waals surface area (Å²) in [6, 6.07) is 3.36. The molecule has 2 aromatic heterocycles. The average Bonchev–Trinajstić information content (AvgIpc) is 2.46. The molecular formula is C16H19BrN4O2. The minimum absolute atomic E-state index is 0.362. The number of nitrogens with zero attached hydrogens (tertiary/aromatic N) is 3. The maximum atomic E-state index is 11.9. The lowest BCUT2D eigenvalue weighted by atomic mass is 10.1. The van der Waals surface area contributed by atoms with E-state index >= 15 is 0 Å². The molecule has 0 spiro atoms. The Bertz CT molecular complexity index is 683. The first-order valence-electron chi connectivity index (χ1n) is 7.18. The normalized spacial score (nSPS) is 12.6. The summed E-state index contributed by atoms with van der Waals surface area (Å²) in [5, 5.41) is 2.77. The number of rotatable bonds is 3. The predicted octanol–water partition coefficient (Wildman–Crippen LogP) is 3.89. The standard InChI is InChI=1S/C16H19BrN4O2/c1-10(21-15(22)23-16(2,3)4)13-14(19-8-7-18-13)12-6-5-11(17)9-20-12/h5-10H,1-4H3,(H,21,22)/t10-/m0/s1. The number of halogens is 1. The maximum Gasteiger partial charge on any atom is 0.408 e. The molecule has 6 nitrogen and oxygen atoms in total. The molecule has 1 amide bonds. The number of carbonyl (C=O) groups is 1. The molecule has 0 saturated heterocycles. The Morgan fingerprint density at radius 2 is 1.91 bits per heavy atom. The topological polar surface area (TPSA) is 77.0 Å². The van der Waals surface area contributed by atoms with Crippen molar-refractivity contribution in [2.24, 2.45) is 0 Å². The number of aromatic nitrogens is 3. The van der Waals surface area contributed by atoms with Gasteiger partial charge in [-0.25, -0.2) is 4.79 Å². The number of carbonyl (C=O) groups excluding carboxylic acids is 1. The lowest BCUT2D eigenvalue weighted by molar-refractivity contribution is 0.0507. The van der Waals surface area contributed by atoms with Crippen LogP contribution in [0.15, 0.2) is 35.2 Å². The van der Waals surface area contributed by atoms with Gasteiger partial charge in [-0.1, -0.05) is 0 Å². The number of amides is 1. The van der Waals surface area contributed by atoms with E-state index in [0.29, 0.717) is 17.1 Å². The second kappa shape index (κ2) is 7.04. The molecule has 0 aromatic carbocycles. The molecule has 2 aromatic rings. The van der Waals surface area contributed by atoms with Crippen LogP contribution in [-0.4, -0.2) is 26.6 Å². The second-order valence-corrected chi connectivity index (χ2v) is 6.94. The van der Waals surface area contributed by atoms with Crippen LogP contribution in [0.1, 0.15) is 39.4 Å². The van der Waals surface area contributed by atoms with Crippen LogP contribution in [0.2, 0.25) is 0 Å². The third-order valence-corrected chi connectivity index (χ3v) is 3.31. The molecule has 0 saturated carbocycles. The molecule has 0 aliphatic rings. The van der Waals surface area contributed by atoms with Gasteiger partial charge < -0.3 is 10.1 Å². The maximum absolute atomic E-state index is 11.9. The van der Waals surface area contributed by atoms with Crippen molar-refractivity contribution in [1.82, 2.24) is 20.3 Å². The number of hydrogen-bond acceptors (Lipinski definition) is 5. The largest absolute Gasteiger partial charge is 0.444 e. The molecule has 0 aliphatic carbocycles. The van der Waals surface area contributed by atoms with Gasteiger partial charge in [0.2, 0.25) is 0 Å². The fourth-order valence-electron chi connectivity index (χ4n) is 1.93. The van der Waals surface area contributed by atoms with E-state index in [1.165, 1.54) is 0 Å². The zero-order valence-corrected chi connectivity index (χ0v) is 15.1. The summed E-state index contributed by atoms with van der Waals surface area (Å²) in [5.41, 5.74) is 1.40. The highest BCUT2D eigenvalue weighted by Crippen LogP contribution is 2.24. The highest BCUT2D eigenvalue weighted by Gasteiger charge is 2.21. The van der Waals surface area contributed by atoms with Crippen molar-refractivity contribution in [3.8, 4) is 11.4 Å². The zero-order valence-electron chi connectivity index (χ0n) is 13.5. The Morgan fingerprint density at radius 3 is 2.52 bits per heavy atom. The van der Waals surface area contributed by atoms with Crippen molar-refractivity contribution >= 4 is 22.0 Å². The third kappa shape index (κ3) is 4.99. The van der Waals surface area contributed by atoms with E-state index in [1.54, 1.807) is 18.6 Å². The van der Waals surface area contributed by atoms with Crippen molar-refractivity contribution in [2.75, 3.05) is 0 Å². The van der Waals surface area contributed by atoms with Crippen LogP contribution in [-0.2, 0) is 4.74 Å². The van der Waals surface area contributed by atoms with Crippen LogP contribution in [0.3, 0.4) is 0 Å². The van der Waals surface area contributed by atoms with Gasteiger partial charge in [0.1, 0.15) is 11.3 Å². The first kappa shape index (κ1) is 17.3. The van der Waals surface area contributed by atoms with Gasteiger partial charge in [0.15, 0.2) is 0 Å². The number of ether oxygens (including phenoxy) is 1. The van der Waals surface area contributed by atoms with E-state index in [-0.39, 0.29) is 6.04 Å². The van der Waals surface area contributed by atoms with Gasteiger partial charge in [-0.15, -0.1) is 0 Å². The minimum atomic E-state index is -0.553. The smallest absolute Gasteiger partial charge is 0.408 e. The van der Waals surface area contributed by atoms with Gasteiger partial charge in [0, 0.05) is 23.1 Å². The molecule has 2 rings (SSSR count). The molecule has 122 valence electrons. The van der Waals surface area contributed by atoms with Crippen molar-refractivity contribution in [2.45, 2.75) is 39.3 Å². The molecule has 0 fully saturated rings. The zero-order chi connectivity index (χ0) is 17.0. The number of alkyl carbamates (subject to hydrolysis) is 1. The Kier molecular flexibility index (Phi) is 5.30. The monoisotopic (exact) mass is 378 g/mol. The summed E-state index contributed by atoms with van der Waals surface area (Å²) < 4.78 is 6.15. The Hall–Kier alpha value is -2.02. The summed E-state index contributed by atoms with van der Waals surface area (Å²) in [5.74, 6) is 0. The van der Waals surface area contributed by atoms with E-state index < -0.39 is 11.7 Å². The van der Waals surface area contributed by atoms with Crippen molar-refractivity contribution in [3.63, 3.8) is 0 Å². The fraction of sp³-hybridized carbons (Fsp3) is 0.375. The third-order valence-electron chi connectivity index (χ3n) is 2.84. The summed E-state index contributed by atoms with van der Waals surface area (Å²) in [6.45, 7) is 7.28. The molecular weight excluding hydrogens is 360 g/mol. The van der Waals surface area contributed by atoms with Crippen LogP contribution in [0.5, 0.6) is 0 Å². The summed E-state index contributed by atoms with van der Waals surface area (Å²) >= 11 is 3.35. The van der Waals surface area contributed by atoms with Gasteiger partial charge in [0.25, 0.3) is 0 Å². The molecule has 1 atom stereocenters. The van der Waals surface area contributed by atoms with Crippen LogP contribution >= 0.6 is 15.9 Å². The molecule has 0 bridgehead atoms. The highest BCUT2D eigenvalue weighted by molar-refractivity contribution is 9.10. The highest BCUT2D eigenvalue weighted by atomic mass is 79.9. The summed E-state index contributed by atoms with van der Waals surface area (Å²) in [7, 11) is 0. The van der Waals surface area contributed by atoms with E-state index in [2.05, 4.69) is 36.2 Å². The molecule has 1 N–H and O–H groups in total. The lowest BCUT2D eigenvalue weighted by Crippen LogP contribution is -2.34. The van der Waals surface area contributed by atoms with Gasteiger partial charge >= 0.3 is 6.09 Å². The Labute approximate surface area is 143 Å². The summed E-state index contributed by atoms with van der Waals surface area (Å²) in [4.78, 5) is 25.0. The molecule has 7 heteroatoms. The second-order valence-electron chi connectivity index (χ2n) is 6.02. The average molecular weight is 379 g/mol. The Morgan fingerprint density at radius 1 is 1.22 bits per heavy atom. The van der Waals surface area contributed by atoms with E-state index in [1.807, 2.05) is 39.8 Å². The number of nitrogens with one attached hydrogen (secondary N) is 1. The van der Waals surface area contributed by atoms with E-state index in [4.69, 9.17) is 4.74 Å². The number of pyridine rings is 1. The Balaban J connectivity index is 2.23. The van der Waals surface area contributed by atoms with Gasteiger partial charge in [-0.3, -0.25) is 15.0 Å². The fourth-order valence-corrected chi connectivity index (χ4v) is 2.17. The first-order chi connectivity index (χ1) is 10.8. The van der Waals surface area contributed by atoms with Crippen LogP contribution in [0.25, 0.3) is 11.4 Å². The first-order valence-corrected chi connectivity index (χ1v) is 7.98. The molecule has 0 aliphatic heterocycles. The van der Waals surface area contributed by atoms with Gasteiger partial charge in [0.05, 0.1) is 17.4 Å². The quantitative estimate of drug-likeness (QED) is 0.876. The predicted molar refractivity (Wildman–Crippen MR) is 90.7 cm³/mol. The molecule has 23 heavy (non-hydrogen) atoms. The minimum Gasteiger partial charge on any atom is -0.444 e. The van der Waals surface area contributed by atoms with E-state index in [9.17, 15) is 4.79 Å². The van der Waals surface area contributed by atoms with E-state index in [0.717, 1.165) is 4.47 Å². The van der Waals surface area contributed by atoms with Gasteiger partial charge in [-0.2, -0.15) is 0 Å². The van der Waals surface area contributed by atoms with Crippen LogP contribution < -0.4 is 5.32 Å². The lowest BCUT2D eigenvalue weighted by Gasteiger charge is -2.22. The number of hydrogen-bond donors (Lipinski definition) is 1. The molecule has 0 radical (unpaired) electrons. The SMILES string of the molecule is C[C@H](NC(=O)OC(C)(C)C)c1nccnc1-c1ccc(Br)cn1.